The average Bonchev–Trinajstić information content (AvgIpc) is 3.71. The van der Waals surface area contributed by atoms with Gasteiger partial charge in [-0.3, -0.25) is 9.48 Å². The van der Waals surface area contributed by atoms with Gasteiger partial charge in [0.15, 0.2) is 0 Å². The molecule has 0 fully saturated rings. The predicted octanol–water partition coefficient (Wildman–Crippen LogP) is 6.06. The van der Waals surface area contributed by atoms with E-state index in [0.717, 1.165) is 37.4 Å². The highest BCUT2D eigenvalue weighted by Gasteiger charge is 2.35. The zero-order valence-corrected chi connectivity index (χ0v) is 23.8. The maximum Gasteiger partial charge on any atom is 0.254 e. The summed E-state index contributed by atoms with van der Waals surface area (Å²) in [6.07, 6.45) is 3.50. The SMILES string of the molecule is CC1OCc2c1c(N)nc1ccc(C(=O)N(Cc3c(F)cccc3F)C3COCc4cc(-c5cnn(C)c5)sc43)cc21. The Morgan fingerprint density at radius 1 is 1.19 bits per heavy atom. The fraction of sp³-hybridized carbons (Fsp3) is 0.258. The minimum Gasteiger partial charge on any atom is -0.383 e. The van der Waals surface area contributed by atoms with E-state index in [1.165, 1.54) is 34.4 Å². The van der Waals surface area contributed by atoms with Crippen molar-refractivity contribution < 1.29 is 23.0 Å². The topological polar surface area (TPSA) is 95.5 Å². The lowest BCUT2D eigenvalue weighted by atomic mass is 9.99. The fourth-order valence-electron chi connectivity index (χ4n) is 5.86. The van der Waals surface area contributed by atoms with Gasteiger partial charge in [-0.25, -0.2) is 13.8 Å². The second kappa shape index (κ2) is 10.3. The molecule has 5 aromatic rings. The molecule has 0 bridgehead atoms. The Hall–Kier alpha value is -4.19. The lowest BCUT2D eigenvalue weighted by Gasteiger charge is -2.34. The summed E-state index contributed by atoms with van der Waals surface area (Å²) in [7, 11) is 1.85. The van der Waals surface area contributed by atoms with Gasteiger partial charge in [0.2, 0.25) is 0 Å². The van der Waals surface area contributed by atoms with Gasteiger partial charge >= 0.3 is 0 Å². The van der Waals surface area contributed by atoms with Crippen LogP contribution in [0.15, 0.2) is 54.9 Å². The van der Waals surface area contributed by atoms with E-state index in [-0.39, 0.29) is 30.7 Å². The molecule has 2 N–H and O–H groups in total. The molecule has 5 heterocycles. The van der Waals surface area contributed by atoms with E-state index in [0.29, 0.717) is 30.1 Å². The maximum atomic E-state index is 15.0. The second-order valence-corrected chi connectivity index (χ2v) is 11.7. The van der Waals surface area contributed by atoms with Crippen LogP contribution in [0.4, 0.5) is 14.6 Å². The minimum atomic E-state index is -0.714. The van der Waals surface area contributed by atoms with E-state index in [1.54, 1.807) is 29.1 Å². The Morgan fingerprint density at radius 2 is 2.00 bits per heavy atom. The molecular formula is C31H27F2N5O3S. The molecule has 11 heteroatoms. The lowest BCUT2D eigenvalue weighted by molar-refractivity contribution is 0.0256. The van der Waals surface area contributed by atoms with Crippen molar-refractivity contribution in [1.82, 2.24) is 19.7 Å². The molecule has 8 nitrogen and oxygen atoms in total. The van der Waals surface area contributed by atoms with Crippen molar-refractivity contribution in [3.8, 4) is 10.4 Å². The van der Waals surface area contributed by atoms with E-state index in [1.807, 2.05) is 26.2 Å². The molecule has 42 heavy (non-hydrogen) atoms. The smallest absolute Gasteiger partial charge is 0.254 e. The van der Waals surface area contributed by atoms with Crippen molar-refractivity contribution in [3.63, 3.8) is 0 Å². The first-order valence-electron chi connectivity index (χ1n) is 13.5. The predicted molar refractivity (Wildman–Crippen MR) is 155 cm³/mol. The Bertz CT molecular complexity index is 1850. The third-order valence-corrected chi connectivity index (χ3v) is 9.32. The summed E-state index contributed by atoms with van der Waals surface area (Å²) < 4.78 is 43.4. The number of carbonyl (C=O) groups is 1. The number of aryl methyl sites for hydroxylation is 1. The zero-order chi connectivity index (χ0) is 29.1. The first-order valence-corrected chi connectivity index (χ1v) is 14.4. The summed E-state index contributed by atoms with van der Waals surface area (Å²) in [4.78, 5) is 22.3. The number of carbonyl (C=O) groups excluding carboxylic acids is 1. The van der Waals surface area contributed by atoms with Crippen LogP contribution in [-0.4, -0.2) is 32.2 Å². The number of amides is 1. The van der Waals surface area contributed by atoms with Crippen molar-refractivity contribution in [2.24, 2.45) is 7.05 Å². The monoisotopic (exact) mass is 587 g/mol. The first kappa shape index (κ1) is 26.7. The van der Waals surface area contributed by atoms with Crippen molar-refractivity contribution in [2.75, 3.05) is 12.3 Å². The van der Waals surface area contributed by atoms with Crippen LogP contribution in [0.25, 0.3) is 21.3 Å². The molecule has 0 radical (unpaired) electrons. The Morgan fingerprint density at radius 3 is 2.76 bits per heavy atom. The van der Waals surface area contributed by atoms with E-state index in [2.05, 4.69) is 10.1 Å². The normalized spacial score (nSPS) is 17.8. The molecule has 7 rings (SSSR count). The van der Waals surface area contributed by atoms with E-state index in [4.69, 9.17) is 15.2 Å². The van der Waals surface area contributed by atoms with Crippen LogP contribution >= 0.6 is 11.3 Å². The number of nitrogens with two attached hydrogens (primary N) is 1. The fourth-order valence-corrected chi connectivity index (χ4v) is 7.10. The third kappa shape index (κ3) is 4.44. The molecule has 0 spiro atoms. The van der Waals surface area contributed by atoms with Crippen LogP contribution in [-0.2, 0) is 36.3 Å². The maximum absolute atomic E-state index is 15.0. The number of anilines is 1. The number of ether oxygens (including phenoxy) is 2. The van der Waals surface area contributed by atoms with Crippen molar-refractivity contribution in [2.45, 2.75) is 38.8 Å². The van der Waals surface area contributed by atoms with Crippen molar-refractivity contribution >= 4 is 34.0 Å². The molecular weight excluding hydrogens is 560 g/mol. The van der Waals surface area contributed by atoms with Gasteiger partial charge in [0.25, 0.3) is 5.91 Å². The summed E-state index contributed by atoms with van der Waals surface area (Å²) >= 11 is 1.54. The molecule has 1 amide bonds. The number of rotatable bonds is 5. The summed E-state index contributed by atoms with van der Waals surface area (Å²) in [6, 6.07) is 10.4. The molecule has 0 saturated carbocycles. The van der Waals surface area contributed by atoms with E-state index < -0.39 is 17.7 Å². The van der Waals surface area contributed by atoms with Gasteiger partial charge in [-0.2, -0.15) is 5.10 Å². The van der Waals surface area contributed by atoms with Crippen molar-refractivity contribution in [1.29, 1.82) is 0 Å². The number of benzene rings is 2. The number of pyridine rings is 1. The highest BCUT2D eigenvalue weighted by atomic mass is 32.1. The Kier molecular flexibility index (Phi) is 6.52. The number of hydrogen-bond donors (Lipinski definition) is 1. The van der Waals surface area contributed by atoms with Crippen LogP contribution in [0, 0.1) is 11.6 Å². The number of nitrogen functional groups attached to an aromatic ring is 1. The quantitative estimate of drug-likeness (QED) is 0.269. The molecule has 0 aliphatic carbocycles. The van der Waals surface area contributed by atoms with Gasteiger partial charge in [0.1, 0.15) is 17.5 Å². The van der Waals surface area contributed by atoms with Crippen LogP contribution in [0.2, 0.25) is 0 Å². The lowest BCUT2D eigenvalue weighted by Crippen LogP contribution is -2.38. The zero-order valence-electron chi connectivity index (χ0n) is 22.9. The molecule has 2 aliphatic heterocycles. The number of thiophene rings is 1. The molecule has 2 atom stereocenters. The van der Waals surface area contributed by atoms with Gasteiger partial charge in [0, 0.05) is 50.6 Å². The number of hydrogen-bond acceptors (Lipinski definition) is 7. The summed E-state index contributed by atoms with van der Waals surface area (Å²) in [5.41, 5.74) is 10.7. The van der Waals surface area contributed by atoms with Crippen LogP contribution < -0.4 is 5.73 Å². The summed E-state index contributed by atoms with van der Waals surface area (Å²) in [5, 5.41) is 5.04. The molecule has 2 aliphatic rings. The Balaban J connectivity index is 1.34. The standard InChI is InChI=1S/C31H27F2N5O3S/c1-16-28-22(14-41-16)20-8-17(6-7-25(20)36-30(28)34)31(39)38(12-21-23(32)4-3-5-24(21)33)26-15-40-13-18-9-27(42-29(18)26)19-10-35-37(2)11-19/h3-11,16,26H,12-15H2,1-2H3,(H2,34,36). The molecule has 2 unspecified atom stereocenters. The van der Waals surface area contributed by atoms with E-state index >= 15 is 0 Å². The van der Waals surface area contributed by atoms with Gasteiger partial charge in [-0.15, -0.1) is 11.3 Å². The van der Waals surface area contributed by atoms with Gasteiger partial charge in [-0.1, -0.05) is 6.07 Å². The first-order chi connectivity index (χ1) is 20.3. The summed E-state index contributed by atoms with van der Waals surface area (Å²) in [5.74, 6) is -1.40. The number of halogens is 2. The van der Waals surface area contributed by atoms with Gasteiger partial charge < -0.3 is 20.1 Å². The van der Waals surface area contributed by atoms with E-state index in [9.17, 15) is 13.6 Å². The van der Waals surface area contributed by atoms with Gasteiger partial charge in [0.05, 0.1) is 50.2 Å². The average molecular weight is 588 g/mol. The summed E-state index contributed by atoms with van der Waals surface area (Å²) in [6.45, 7) is 2.56. The van der Waals surface area contributed by atoms with Gasteiger partial charge in [-0.05, 0) is 54.4 Å². The molecule has 2 aromatic carbocycles. The van der Waals surface area contributed by atoms with Crippen LogP contribution in [0.1, 0.15) is 56.6 Å². The second-order valence-electron chi connectivity index (χ2n) is 10.6. The van der Waals surface area contributed by atoms with Crippen LogP contribution in [0.5, 0.6) is 0 Å². The number of aromatic nitrogens is 3. The molecule has 0 saturated heterocycles. The van der Waals surface area contributed by atoms with Crippen molar-refractivity contribution in [3.05, 3.63) is 99.2 Å². The number of fused-ring (bicyclic) bond motifs is 4. The largest absolute Gasteiger partial charge is 0.383 e. The number of nitrogens with zero attached hydrogens (tertiary/aromatic N) is 4. The highest BCUT2D eigenvalue weighted by Crippen LogP contribution is 2.42. The highest BCUT2D eigenvalue weighted by molar-refractivity contribution is 7.15. The van der Waals surface area contributed by atoms with Crippen LogP contribution in [0.3, 0.4) is 0 Å². The third-order valence-electron chi connectivity index (χ3n) is 7.99. The molecule has 214 valence electrons. The minimum absolute atomic E-state index is 0.180. The molecule has 3 aromatic heterocycles. The Labute approximate surface area is 244 Å².